The van der Waals surface area contributed by atoms with Gasteiger partial charge in [0, 0.05) is 50.5 Å². The minimum Gasteiger partial charge on any atom is -0.497 e. The third-order valence-electron chi connectivity index (χ3n) is 7.08. The number of anilines is 1. The first-order valence-electron chi connectivity index (χ1n) is 12.9. The van der Waals surface area contributed by atoms with E-state index in [1.165, 1.54) is 40.0 Å². The Morgan fingerprint density at radius 1 is 1.02 bits per heavy atom. The number of hydrogen-bond acceptors (Lipinski definition) is 6. The maximum Gasteiger partial charge on any atom is 0.435 e. The number of amides is 3. The summed E-state index contributed by atoms with van der Waals surface area (Å²) in [6.45, 7) is 1.24. The van der Waals surface area contributed by atoms with Crippen molar-refractivity contribution in [1.82, 2.24) is 19.6 Å². The number of alkyl halides is 3. The second-order valence-electron chi connectivity index (χ2n) is 9.83. The van der Waals surface area contributed by atoms with Crippen molar-refractivity contribution in [1.29, 1.82) is 0 Å². The maximum absolute atomic E-state index is 14.2. The van der Waals surface area contributed by atoms with Crippen molar-refractivity contribution in [3.05, 3.63) is 70.5 Å². The summed E-state index contributed by atoms with van der Waals surface area (Å²) in [7, 11) is 4.64. The molecule has 2 aliphatic heterocycles. The van der Waals surface area contributed by atoms with Gasteiger partial charge in [0.25, 0.3) is 17.7 Å². The molecule has 13 heteroatoms. The predicted molar refractivity (Wildman–Crippen MR) is 142 cm³/mol. The van der Waals surface area contributed by atoms with Crippen LogP contribution in [0.4, 0.5) is 18.9 Å². The third kappa shape index (κ3) is 5.24. The molecule has 0 unspecified atom stereocenters. The molecule has 10 nitrogen and oxygen atoms in total. The predicted octanol–water partition coefficient (Wildman–Crippen LogP) is 3.28. The fourth-order valence-corrected chi connectivity index (χ4v) is 4.99. The molecule has 216 valence electrons. The Morgan fingerprint density at radius 3 is 2.32 bits per heavy atom. The lowest BCUT2D eigenvalue weighted by molar-refractivity contribution is -0.141. The number of fused-ring (bicyclic) bond motifs is 1. The molecule has 41 heavy (non-hydrogen) atoms. The van der Waals surface area contributed by atoms with Gasteiger partial charge in [-0.2, -0.15) is 18.3 Å². The lowest BCUT2D eigenvalue weighted by Gasteiger charge is -2.29. The van der Waals surface area contributed by atoms with Gasteiger partial charge in [0.05, 0.1) is 31.6 Å². The third-order valence-corrected chi connectivity index (χ3v) is 7.08. The van der Waals surface area contributed by atoms with E-state index in [2.05, 4.69) is 5.10 Å². The molecule has 2 aliphatic rings. The zero-order valence-electron chi connectivity index (χ0n) is 22.7. The number of nitrogens with zero attached hydrogens (tertiary/aromatic N) is 5. The number of carbonyl (C=O) groups excluding carboxylic acids is 3. The van der Waals surface area contributed by atoms with Crippen molar-refractivity contribution in [2.24, 2.45) is 0 Å². The number of ether oxygens (including phenoxy) is 2. The van der Waals surface area contributed by atoms with Gasteiger partial charge < -0.3 is 24.2 Å². The van der Waals surface area contributed by atoms with Crippen LogP contribution in [0.1, 0.15) is 42.5 Å². The van der Waals surface area contributed by atoms with E-state index in [-0.39, 0.29) is 41.4 Å². The van der Waals surface area contributed by atoms with E-state index in [4.69, 9.17) is 9.47 Å². The highest BCUT2D eigenvalue weighted by Gasteiger charge is 2.44. The minimum absolute atomic E-state index is 0.0240. The highest BCUT2D eigenvalue weighted by atomic mass is 19.4. The lowest BCUT2D eigenvalue weighted by atomic mass is 10.0. The summed E-state index contributed by atoms with van der Waals surface area (Å²) in [4.78, 5) is 44.0. The van der Waals surface area contributed by atoms with Gasteiger partial charge in [0.1, 0.15) is 11.4 Å². The summed E-state index contributed by atoms with van der Waals surface area (Å²) in [5.41, 5.74) is -0.808. The molecule has 1 aromatic heterocycles. The molecule has 0 aliphatic carbocycles. The van der Waals surface area contributed by atoms with Crippen molar-refractivity contribution in [2.75, 3.05) is 59.0 Å². The van der Waals surface area contributed by atoms with Crippen LogP contribution in [-0.2, 0) is 17.3 Å². The first-order chi connectivity index (χ1) is 19.5. The van der Waals surface area contributed by atoms with Crippen LogP contribution in [0, 0.1) is 0 Å². The highest BCUT2D eigenvalue weighted by molar-refractivity contribution is 6.08. The van der Waals surface area contributed by atoms with Crippen LogP contribution in [0.3, 0.4) is 0 Å². The van der Waals surface area contributed by atoms with Crippen LogP contribution in [0.5, 0.6) is 5.75 Å². The number of benzene rings is 2. The minimum atomic E-state index is -4.83. The molecule has 0 radical (unpaired) electrons. The molecular formula is C28H28F3N5O5. The van der Waals surface area contributed by atoms with Crippen LogP contribution in [0.25, 0.3) is 5.69 Å². The molecule has 0 N–H and O–H groups in total. The van der Waals surface area contributed by atoms with Crippen LogP contribution in [-0.4, -0.2) is 91.4 Å². The Balaban J connectivity index is 1.62. The average molecular weight is 572 g/mol. The van der Waals surface area contributed by atoms with Crippen molar-refractivity contribution in [3.63, 3.8) is 0 Å². The van der Waals surface area contributed by atoms with E-state index >= 15 is 0 Å². The van der Waals surface area contributed by atoms with Gasteiger partial charge in [-0.25, -0.2) is 4.68 Å². The highest BCUT2D eigenvalue weighted by Crippen LogP contribution is 2.38. The van der Waals surface area contributed by atoms with Crippen LogP contribution >= 0.6 is 0 Å². The molecule has 1 saturated heterocycles. The number of aromatic nitrogens is 2. The zero-order valence-corrected chi connectivity index (χ0v) is 22.7. The molecule has 0 bridgehead atoms. The summed E-state index contributed by atoms with van der Waals surface area (Å²) in [6, 6.07) is 10.6. The monoisotopic (exact) mass is 571 g/mol. The molecule has 3 heterocycles. The molecule has 1 fully saturated rings. The summed E-state index contributed by atoms with van der Waals surface area (Å²) >= 11 is 0. The summed E-state index contributed by atoms with van der Waals surface area (Å²) < 4.78 is 54.0. The molecule has 3 amide bonds. The van der Waals surface area contributed by atoms with E-state index in [0.29, 0.717) is 43.3 Å². The summed E-state index contributed by atoms with van der Waals surface area (Å²) in [5.74, 6) is -1.06. The molecule has 5 rings (SSSR count). The largest absolute Gasteiger partial charge is 0.497 e. The molecule has 0 spiro atoms. The Morgan fingerprint density at radius 2 is 1.71 bits per heavy atom. The second-order valence-corrected chi connectivity index (χ2v) is 9.83. The second kappa shape index (κ2) is 10.9. The van der Waals surface area contributed by atoms with E-state index < -0.39 is 23.7 Å². The quantitative estimate of drug-likeness (QED) is 0.467. The fourth-order valence-electron chi connectivity index (χ4n) is 4.99. The van der Waals surface area contributed by atoms with Crippen molar-refractivity contribution >= 4 is 23.4 Å². The molecule has 2 aromatic carbocycles. The van der Waals surface area contributed by atoms with Crippen molar-refractivity contribution < 1.29 is 37.0 Å². The van der Waals surface area contributed by atoms with Gasteiger partial charge in [0.2, 0.25) is 0 Å². The topological polar surface area (TPSA) is 97.2 Å². The first kappa shape index (κ1) is 28.1. The van der Waals surface area contributed by atoms with Crippen molar-refractivity contribution in [2.45, 2.75) is 12.6 Å². The number of methoxy groups -OCH3 is 1. The van der Waals surface area contributed by atoms with E-state index in [1.54, 1.807) is 38.4 Å². The zero-order chi connectivity index (χ0) is 29.5. The Kier molecular flexibility index (Phi) is 7.47. The lowest BCUT2D eigenvalue weighted by Crippen LogP contribution is -2.41. The summed E-state index contributed by atoms with van der Waals surface area (Å²) in [6.07, 6.45) is -4.94. The summed E-state index contributed by atoms with van der Waals surface area (Å²) in [5, 5.41) is 3.87. The molecular weight excluding hydrogens is 543 g/mol. The van der Waals surface area contributed by atoms with E-state index in [0.717, 1.165) is 4.68 Å². The van der Waals surface area contributed by atoms with E-state index in [1.807, 2.05) is 0 Å². The van der Waals surface area contributed by atoms with Crippen LogP contribution in [0.2, 0.25) is 0 Å². The molecule has 3 aromatic rings. The van der Waals surface area contributed by atoms with E-state index in [9.17, 15) is 27.6 Å². The Bertz CT molecular complexity index is 1490. The molecule has 0 atom stereocenters. The number of hydrogen-bond donors (Lipinski definition) is 0. The van der Waals surface area contributed by atoms with Gasteiger partial charge in [0.15, 0.2) is 5.69 Å². The number of rotatable bonds is 5. The van der Waals surface area contributed by atoms with Crippen molar-refractivity contribution in [3.8, 4) is 11.4 Å². The van der Waals surface area contributed by atoms with Gasteiger partial charge in [-0.3, -0.25) is 14.4 Å². The van der Waals surface area contributed by atoms with Gasteiger partial charge in [-0.05, 0) is 48.9 Å². The standard InChI is InChI=1S/C28H28F3N5O5/c1-33(2)25(37)17-4-6-18(7-5-17)35-11-10-20-23(27(35)39)36(32-24(20)28(29,30)31)22-9-8-19(40-3)16-21(22)26(38)34-12-14-41-15-13-34/h4-9,16H,10-15H2,1-3H3. The number of carbonyl (C=O) groups is 3. The smallest absolute Gasteiger partial charge is 0.435 e. The van der Waals surface area contributed by atoms with Crippen LogP contribution in [0.15, 0.2) is 42.5 Å². The fraction of sp³-hybridized carbons (Fsp3) is 0.357. The maximum atomic E-state index is 14.2. The Labute approximate surface area is 233 Å². The van der Waals surface area contributed by atoms with Gasteiger partial charge >= 0.3 is 6.18 Å². The first-order valence-corrected chi connectivity index (χ1v) is 12.9. The SMILES string of the molecule is COc1ccc(-n2nc(C(F)(F)F)c3c2C(=O)N(c2ccc(C(=O)N(C)C)cc2)CC3)c(C(=O)N2CCOCC2)c1. The average Bonchev–Trinajstić information content (AvgIpc) is 3.38. The Hall–Kier alpha value is -4.39. The normalized spacial score (nSPS) is 15.5. The van der Waals surface area contributed by atoms with Gasteiger partial charge in [-0.15, -0.1) is 0 Å². The molecule has 0 saturated carbocycles. The van der Waals surface area contributed by atoms with Gasteiger partial charge in [-0.1, -0.05) is 0 Å². The number of halogens is 3. The van der Waals surface area contributed by atoms with Crippen LogP contribution < -0.4 is 9.64 Å². The number of morpholine rings is 1.